The summed E-state index contributed by atoms with van der Waals surface area (Å²) in [6, 6.07) is 12.2. The molecule has 1 N–H and O–H groups in total. The highest BCUT2D eigenvalue weighted by Gasteiger charge is 2.37. The first-order chi connectivity index (χ1) is 10.9. The van der Waals surface area contributed by atoms with E-state index in [1.54, 1.807) is 24.3 Å². The molecular formula is C16H11F3N2O2. The first-order valence-corrected chi connectivity index (χ1v) is 6.71. The molecule has 1 heterocycles. The van der Waals surface area contributed by atoms with Crippen molar-refractivity contribution in [1.29, 1.82) is 0 Å². The predicted molar refractivity (Wildman–Crippen MR) is 77.2 cm³/mol. The molecule has 118 valence electrons. The first-order valence-electron chi connectivity index (χ1n) is 6.71. The third-order valence-corrected chi connectivity index (χ3v) is 3.42. The number of carbonyl (C=O) groups is 1. The minimum absolute atomic E-state index is 0.0282. The molecule has 0 amide bonds. The lowest BCUT2D eigenvalue weighted by atomic mass is 10.1. The Balaban J connectivity index is 2.12. The normalized spacial score (nSPS) is 11.8. The molecule has 0 bridgehead atoms. The number of para-hydroxylation sites is 2. The van der Waals surface area contributed by atoms with E-state index in [1.165, 1.54) is 24.3 Å². The lowest BCUT2D eigenvalue weighted by Crippen LogP contribution is -2.15. The standard InChI is InChI=1S/C16H11F3N2O2/c17-16(18,19)15-20-12-6-1-2-7-13(12)21(15)9-10-4-3-5-11(8-10)14(22)23/h1-8H,9H2,(H,22,23). The fourth-order valence-corrected chi connectivity index (χ4v) is 2.44. The molecule has 23 heavy (non-hydrogen) atoms. The van der Waals surface area contributed by atoms with E-state index in [9.17, 15) is 18.0 Å². The Kier molecular flexibility index (Phi) is 3.55. The smallest absolute Gasteiger partial charge is 0.449 e. The van der Waals surface area contributed by atoms with Crippen LogP contribution in [0.4, 0.5) is 13.2 Å². The Labute approximate surface area is 128 Å². The molecule has 3 rings (SSSR count). The molecule has 0 fully saturated rings. The summed E-state index contributed by atoms with van der Waals surface area (Å²) in [4.78, 5) is 14.7. The maximum absolute atomic E-state index is 13.2. The van der Waals surface area contributed by atoms with Crippen molar-refractivity contribution in [2.75, 3.05) is 0 Å². The van der Waals surface area contributed by atoms with Gasteiger partial charge in [0.1, 0.15) is 0 Å². The zero-order chi connectivity index (χ0) is 16.6. The van der Waals surface area contributed by atoms with Gasteiger partial charge in [0.2, 0.25) is 5.82 Å². The number of fused-ring (bicyclic) bond motifs is 1. The maximum atomic E-state index is 13.2. The van der Waals surface area contributed by atoms with Crippen LogP contribution in [0.3, 0.4) is 0 Å². The summed E-state index contributed by atoms with van der Waals surface area (Å²) < 4.78 is 40.7. The third kappa shape index (κ3) is 2.90. The van der Waals surface area contributed by atoms with Gasteiger partial charge < -0.3 is 9.67 Å². The second-order valence-electron chi connectivity index (χ2n) is 5.01. The number of benzene rings is 2. The van der Waals surface area contributed by atoms with Crippen LogP contribution in [0.2, 0.25) is 0 Å². The minimum Gasteiger partial charge on any atom is -0.478 e. The number of carboxylic acids is 1. The van der Waals surface area contributed by atoms with E-state index in [0.29, 0.717) is 11.1 Å². The molecule has 0 aliphatic rings. The molecule has 1 aromatic heterocycles. The fourth-order valence-electron chi connectivity index (χ4n) is 2.44. The predicted octanol–water partition coefficient (Wildman–Crippen LogP) is 3.80. The number of nitrogens with zero attached hydrogens (tertiary/aromatic N) is 2. The van der Waals surface area contributed by atoms with Gasteiger partial charge in [0.25, 0.3) is 0 Å². The summed E-state index contributed by atoms with van der Waals surface area (Å²) in [5.41, 5.74) is 1.08. The van der Waals surface area contributed by atoms with Crippen molar-refractivity contribution in [2.24, 2.45) is 0 Å². The highest BCUT2D eigenvalue weighted by molar-refractivity contribution is 5.87. The lowest BCUT2D eigenvalue weighted by molar-refractivity contribution is -0.146. The second kappa shape index (κ2) is 5.42. The Bertz CT molecular complexity index is 884. The summed E-state index contributed by atoms with van der Waals surface area (Å²) >= 11 is 0. The Morgan fingerprint density at radius 3 is 2.57 bits per heavy atom. The molecule has 7 heteroatoms. The fraction of sp³-hybridized carbons (Fsp3) is 0.125. The van der Waals surface area contributed by atoms with E-state index >= 15 is 0 Å². The van der Waals surface area contributed by atoms with Crippen molar-refractivity contribution >= 4 is 17.0 Å². The first kappa shape index (κ1) is 15.1. The van der Waals surface area contributed by atoms with Crippen LogP contribution in [0.25, 0.3) is 11.0 Å². The van der Waals surface area contributed by atoms with Crippen molar-refractivity contribution in [3.63, 3.8) is 0 Å². The van der Waals surface area contributed by atoms with E-state index in [-0.39, 0.29) is 17.6 Å². The quantitative estimate of drug-likeness (QED) is 0.798. The van der Waals surface area contributed by atoms with Crippen molar-refractivity contribution in [3.05, 3.63) is 65.5 Å². The molecule has 0 radical (unpaired) electrons. The number of rotatable bonds is 3. The molecule has 0 spiro atoms. The molecule has 0 aliphatic carbocycles. The highest BCUT2D eigenvalue weighted by atomic mass is 19.4. The van der Waals surface area contributed by atoms with Gasteiger partial charge >= 0.3 is 12.1 Å². The van der Waals surface area contributed by atoms with Gasteiger partial charge in [-0.1, -0.05) is 24.3 Å². The number of alkyl halides is 3. The van der Waals surface area contributed by atoms with E-state index in [1.807, 2.05) is 0 Å². The number of halogens is 3. The van der Waals surface area contributed by atoms with Gasteiger partial charge in [0.15, 0.2) is 0 Å². The maximum Gasteiger partial charge on any atom is 0.449 e. The van der Waals surface area contributed by atoms with E-state index < -0.39 is 18.0 Å². The van der Waals surface area contributed by atoms with Gasteiger partial charge in [-0.15, -0.1) is 0 Å². The third-order valence-electron chi connectivity index (χ3n) is 3.42. The number of hydrogen-bond donors (Lipinski definition) is 1. The van der Waals surface area contributed by atoms with Gasteiger partial charge in [-0.3, -0.25) is 0 Å². The van der Waals surface area contributed by atoms with E-state index in [0.717, 1.165) is 4.57 Å². The largest absolute Gasteiger partial charge is 0.478 e. The molecule has 4 nitrogen and oxygen atoms in total. The summed E-state index contributed by atoms with van der Waals surface area (Å²) in [7, 11) is 0. The zero-order valence-corrected chi connectivity index (χ0v) is 11.7. The van der Waals surface area contributed by atoms with Crippen LogP contribution in [0.1, 0.15) is 21.7 Å². The number of aromatic nitrogens is 2. The second-order valence-corrected chi connectivity index (χ2v) is 5.01. The Morgan fingerprint density at radius 2 is 1.87 bits per heavy atom. The van der Waals surface area contributed by atoms with Crippen LogP contribution < -0.4 is 0 Å². The average Bonchev–Trinajstić information content (AvgIpc) is 2.87. The van der Waals surface area contributed by atoms with Crippen LogP contribution in [0, 0.1) is 0 Å². The van der Waals surface area contributed by atoms with Crippen LogP contribution in [-0.4, -0.2) is 20.6 Å². The van der Waals surface area contributed by atoms with Crippen molar-refractivity contribution in [1.82, 2.24) is 9.55 Å². The summed E-state index contributed by atoms with van der Waals surface area (Å²) in [5, 5.41) is 8.99. The number of aromatic carboxylic acids is 1. The highest BCUT2D eigenvalue weighted by Crippen LogP contribution is 2.32. The lowest BCUT2D eigenvalue weighted by Gasteiger charge is -2.12. The van der Waals surface area contributed by atoms with E-state index in [4.69, 9.17) is 5.11 Å². The molecule has 0 saturated carbocycles. The van der Waals surface area contributed by atoms with Crippen LogP contribution in [0.5, 0.6) is 0 Å². The molecular weight excluding hydrogens is 309 g/mol. The number of carboxylic acid groups (broad SMARTS) is 1. The van der Waals surface area contributed by atoms with Crippen molar-refractivity contribution in [2.45, 2.75) is 12.7 Å². The number of imidazole rings is 1. The molecule has 0 atom stereocenters. The minimum atomic E-state index is -4.59. The topological polar surface area (TPSA) is 55.1 Å². The Hall–Kier alpha value is -2.83. The summed E-state index contributed by atoms with van der Waals surface area (Å²) in [6.07, 6.45) is -4.59. The Morgan fingerprint density at radius 1 is 1.13 bits per heavy atom. The van der Waals surface area contributed by atoms with Crippen LogP contribution in [-0.2, 0) is 12.7 Å². The van der Waals surface area contributed by atoms with Gasteiger partial charge in [0, 0.05) is 6.54 Å². The summed E-state index contributed by atoms with van der Waals surface area (Å²) in [5.74, 6) is -2.13. The van der Waals surface area contributed by atoms with Crippen LogP contribution in [0.15, 0.2) is 48.5 Å². The van der Waals surface area contributed by atoms with Crippen molar-refractivity contribution in [3.8, 4) is 0 Å². The molecule has 0 saturated heterocycles. The van der Waals surface area contributed by atoms with Gasteiger partial charge in [0.05, 0.1) is 16.6 Å². The zero-order valence-electron chi connectivity index (χ0n) is 11.7. The molecule has 0 aliphatic heterocycles. The van der Waals surface area contributed by atoms with Gasteiger partial charge in [-0.25, -0.2) is 9.78 Å². The average molecular weight is 320 g/mol. The SMILES string of the molecule is O=C(O)c1cccc(Cn2c(C(F)(F)F)nc3ccccc32)c1. The summed E-state index contributed by atoms with van der Waals surface area (Å²) in [6.45, 7) is -0.115. The van der Waals surface area contributed by atoms with Gasteiger partial charge in [-0.2, -0.15) is 13.2 Å². The van der Waals surface area contributed by atoms with E-state index in [2.05, 4.69) is 4.98 Å². The molecule has 2 aromatic carbocycles. The molecule has 3 aromatic rings. The molecule has 0 unspecified atom stereocenters. The van der Waals surface area contributed by atoms with Crippen molar-refractivity contribution < 1.29 is 23.1 Å². The van der Waals surface area contributed by atoms with Gasteiger partial charge in [-0.05, 0) is 29.8 Å². The van der Waals surface area contributed by atoms with Crippen LogP contribution >= 0.6 is 0 Å². The number of hydrogen-bond acceptors (Lipinski definition) is 2. The monoisotopic (exact) mass is 320 g/mol.